The van der Waals surface area contributed by atoms with Crippen LogP contribution in [0.15, 0.2) is 46.6 Å². The first-order valence-electron chi connectivity index (χ1n) is 10.00. The number of ether oxygens (including phenoxy) is 2. The van der Waals surface area contributed by atoms with E-state index < -0.39 is 21.5 Å². The van der Waals surface area contributed by atoms with E-state index in [1.807, 2.05) is 0 Å². The summed E-state index contributed by atoms with van der Waals surface area (Å²) in [5.41, 5.74) is -0.141. The average molecular weight is 478 g/mol. The van der Waals surface area contributed by atoms with Crippen molar-refractivity contribution in [3.8, 4) is 0 Å². The molecule has 0 fully saturated rings. The lowest BCUT2D eigenvalue weighted by Crippen LogP contribution is -2.20. The fraction of sp³-hybridized carbons (Fsp3) is 0.300. The van der Waals surface area contributed by atoms with Gasteiger partial charge >= 0.3 is 0 Å². The number of nitrogens with zero attached hydrogens (tertiary/aromatic N) is 6. The predicted octanol–water partition coefficient (Wildman–Crippen LogP) is 3.11. The summed E-state index contributed by atoms with van der Waals surface area (Å²) in [6.07, 6.45) is 3.04. The Balaban J connectivity index is 0.000000191. The van der Waals surface area contributed by atoms with Crippen LogP contribution in [0.4, 0.5) is 31.5 Å². The van der Waals surface area contributed by atoms with E-state index in [0.717, 1.165) is 12.1 Å². The molecule has 2 heterocycles. The lowest BCUT2D eigenvalue weighted by Gasteiger charge is -2.17. The molecule has 0 unspecified atom stereocenters. The number of non-ortho nitro benzene ring substituents is 2. The van der Waals surface area contributed by atoms with E-state index in [1.165, 1.54) is 46.7 Å². The van der Waals surface area contributed by atoms with Gasteiger partial charge in [-0.1, -0.05) is 0 Å². The van der Waals surface area contributed by atoms with E-state index in [2.05, 4.69) is 10.2 Å². The van der Waals surface area contributed by atoms with Crippen LogP contribution in [0.3, 0.4) is 0 Å². The average Bonchev–Trinajstić information content (AvgIpc) is 3.25. The van der Waals surface area contributed by atoms with Crippen molar-refractivity contribution in [3.05, 3.63) is 68.3 Å². The smallest absolute Gasteiger partial charge is 0.272 e. The van der Waals surface area contributed by atoms with Crippen molar-refractivity contribution < 1.29 is 28.1 Å². The first-order valence-corrected chi connectivity index (χ1v) is 10.00. The Morgan fingerprint density at radius 2 is 1.18 bits per heavy atom. The van der Waals surface area contributed by atoms with Gasteiger partial charge in [0.1, 0.15) is 0 Å². The molecule has 180 valence electrons. The van der Waals surface area contributed by atoms with Crippen molar-refractivity contribution in [1.29, 1.82) is 0 Å². The molecule has 0 aromatic heterocycles. The van der Waals surface area contributed by atoms with Crippen molar-refractivity contribution in [2.45, 2.75) is 0 Å². The highest BCUT2D eigenvalue weighted by molar-refractivity contribution is 5.63. The molecule has 2 aromatic rings. The monoisotopic (exact) mass is 478 g/mol. The number of nitro benzene ring substituents is 2. The van der Waals surface area contributed by atoms with Gasteiger partial charge in [0.05, 0.1) is 85.3 Å². The summed E-state index contributed by atoms with van der Waals surface area (Å²) >= 11 is 0. The molecule has 2 aromatic carbocycles. The number of anilines is 2. The van der Waals surface area contributed by atoms with E-state index in [0.29, 0.717) is 39.5 Å². The van der Waals surface area contributed by atoms with Crippen LogP contribution < -0.4 is 10.0 Å². The molecular weight excluding hydrogens is 458 g/mol. The Labute approximate surface area is 192 Å². The highest BCUT2D eigenvalue weighted by Gasteiger charge is 2.17. The van der Waals surface area contributed by atoms with Crippen LogP contribution in [-0.4, -0.2) is 61.8 Å². The first-order chi connectivity index (χ1) is 16.4. The number of hydrogen-bond donors (Lipinski definition) is 0. The molecular formula is C20H20F2N6O6. The fourth-order valence-electron chi connectivity index (χ4n) is 2.96. The van der Waals surface area contributed by atoms with Crippen LogP contribution in [0, 0.1) is 31.9 Å². The maximum absolute atomic E-state index is 13.7. The largest absolute Gasteiger partial charge is 0.374 e. The van der Waals surface area contributed by atoms with Gasteiger partial charge in [0.25, 0.3) is 11.4 Å². The molecule has 0 radical (unpaired) electrons. The molecule has 4 rings (SSSR count). The second-order valence-corrected chi connectivity index (χ2v) is 6.78. The van der Waals surface area contributed by atoms with Crippen molar-refractivity contribution >= 4 is 35.2 Å². The lowest BCUT2D eigenvalue weighted by molar-refractivity contribution is -0.385. The van der Waals surface area contributed by atoms with Gasteiger partial charge in [-0.25, -0.2) is 8.78 Å². The molecule has 0 saturated carbocycles. The summed E-state index contributed by atoms with van der Waals surface area (Å²) in [7, 11) is 0. The molecule has 0 N–H and O–H groups in total. The number of benzene rings is 2. The standard InChI is InChI=1S/2C10H10FN3O3/c2*11-9-7-8(14(15)16)1-2-10(9)13-4-6-17-5-3-12-13/h2*1-3,7H,4-6H2. The molecule has 34 heavy (non-hydrogen) atoms. The van der Waals surface area contributed by atoms with Crippen LogP contribution >= 0.6 is 0 Å². The van der Waals surface area contributed by atoms with Gasteiger partial charge in [-0.2, -0.15) is 10.2 Å². The summed E-state index contributed by atoms with van der Waals surface area (Å²) in [5.74, 6) is -1.34. The van der Waals surface area contributed by atoms with Crippen LogP contribution in [0.1, 0.15) is 0 Å². The summed E-state index contributed by atoms with van der Waals surface area (Å²) in [6, 6.07) is 6.96. The van der Waals surface area contributed by atoms with Gasteiger partial charge < -0.3 is 9.47 Å². The number of halogens is 2. The summed E-state index contributed by atoms with van der Waals surface area (Å²) < 4.78 is 37.6. The highest BCUT2D eigenvalue weighted by atomic mass is 19.1. The molecule has 12 nitrogen and oxygen atoms in total. The van der Waals surface area contributed by atoms with E-state index >= 15 is 0 Å². The molecule has 0 amide bonds. The van der Waals surface area contributed by atoms with Gasteiger partial charge in [0.2, 0.25) is 0 Å². The molecule has 0 saturated heterocycles. The molecule has 0 bridgehead atoms. The Hall–Kier alpha value is -4.04. The zero-order chi connectivity index (χ0) is 24.5. The van der Waals surface area contributed by atoms with Gasteiger partial charge in [0.15, 0.2) is 11.6 Å². The van der Waals surface area contributed by atoms with Crippen molar-refractivity contribution in [2.75, 3.05) is 49.5 Å². The maximum atomic E-state index is 13.7. The van der Waals surface area contributed by atoms with Crippen LogP contribution in [0.5, 0.6) is 0 Å². The van der Waals surface area contributed by atoms with E-state index in [9.17, 15) is 29.0 Å². The molecule has 2 aliphatic heterocycles. The van der Waals surface area contributed by atoms with Gasteiger partial charge in [-0.15, -0.1) is 0 Å². The Bertz CT molecular complexity index is 1010. The Morgan fingerprint density at radius 3 is 1.53 bits per heavy atom. The lowest BCUT2D eigenvalue weighted by atomic mass is 10.2. The Morgan fingerprint density at radius 1 is 0.765 bits per heavy atom. The second kappa shape index (κ2) is 11.7. The van der Waals surface area contributed by atoms with Crippen LogP contribution in [-0.2, 0) is 9.47 Å². The van der Waals surface area contributed by atoms with Gasteiger partial charge in [-0.3, -0.25) is 30.2 Å². The third kappa shape index (κ3) is 6.49. The third-order valence-electron chi connectivity index (χ3n) is 4.56. The van der Waals surface area contributed by atoms with E-state index in [-0.39, 0.29) is 22.7 Å². The highest BCUT2D eigenvalue weighted by Crippen LogP contribution is 2.25. The molecule has 2 aliphatic rings. The summed E-state index contributed by atoms with van der Waals surface area (Å²) in [4.78, 5) is 19.7. The van der Waals surface area contributed by atoms with E-state index in [4.69, 9.17) is 9.47 Å². The minimum Gasteiger partial charge on any atom is -0.374 e. The van der Waals surface area contributed by atoms with Crippen molar-refractivity contribution in [3.63, 3.8) is 0 Å². The quantitative estimate of drug-likeness (QED) is 0.483. The minimum absolute atomic E-state index is 0.206. The van der Waals surface area contributed by atoms with Crippen LogP contribution in [0.2, 0.25) is 0 Å². The van der Waals surface area contributed by atoms with Crippen LogP contribution in [0.25, 0.3) is 0 Å². The number of hydrogen-bond acceptors (Lipinski definition) is 10. The molecule has 0 atom stereocenters. The second-order valence-electron chi connectivity index (χ2n) is 6.78. The molecule has 0 spiro atoms. The number of hydrazone groups is 2. The zero-order valence-electron chi connectivity index (χ0n) is 17.8. The summed E-state index contributed by atoms with van der Waals surface area (Å²) in [5, 5.41) is 31.8. The van der Waals surface area contributed by atoms with Gasteiger partial charge in [-0.05, 0) is 12.1 Å². The van der Waals surface area contributed by atoms with E-state index in [1.54, 1.807) is 0 Å². The van der Waals surface area contributed by atoms with Gasteiger partial charge in [0, 0.05) is 12.1 Å². The zero-order valence-corrected chi connectivity index (χ0v) is 17.8. The SMILES string of the molecule is O=[N+]([O-])c1ccc(N2CCOCC=N2)c(F)c1.O=[N+]([O-])c1ccc(N2CCOCC=N2)c(F)c1. The number of nitro groups is 2. The van der Waals surface area contributed by atoms with Crippen molar-refractivity contribution in [2.24, 2.45) is 10.2 Å². The fourth-order valence-corrected chi connectivity index (χ4v) is 2.96. The third-order valence-corrected chi connectivity index (χ3v) is 4.56. The summed E-state index contributed by atoms with van der Waals surface area (Å²) in [6.45, 7) is 2.43. The normalized spacial score (nSPS) is 15.7. The topological polar surface area (TPSA) is 136 Å². The molecule has 0 aliphatic carbocycles. The Kier molecular flexibility index (Phi) is 8.48. The first kappa shape index (κ1) is 24.6. The molecule has 14 heteroatoms. The number of rotatable bonds is 4. The van der Waals surface area contributed by atoms with Crippen molar-refractivity contribution in [1.82, 2.24) is 0 Å². The minimum atomic E-state index is -0.668. The predicted molar refractivity (Wildman–Crippen MR) is 119 cm³/mol. The maximum Gasteiger partial charge on any atom is 0.272 e.